The largest absolute Gasteiger partial charge is 0.413 e. The van der Waals surface area contributed by atoms with Gasteiger partial charge < -0.3 is 15.0 Å². The molecule has 0 unspecified atom stereocenters. The van der Waals surface area contributed by atoms with Crippen LogP contribution in [0.5, 0.6) is 5.75 Å². The Morgan fingerprint density at radius 1 is 1.29 bits per heavy atom. The highest BCUT2D eigenvalue weighted by Gasteiger charge is 2.53. The van der Waals surface area contributed by atoms with E-state index in [1.54, 1.807) is 0 Å². The molecule has 2 heterocycles. The highest BCUT2D eigenvalue weighted by atomic mass is 79.9. The van der Waals surface area contributed by atoms with Gasteiger partial charge in [-0.2, -0.15) is 0 Å². The van der Waals surface area contributed by atoms with Gasteiger partial charge in [-0.25, -0.2) is 4.79 Å². The molecule has 4 rings (SSSR count). The van der Waals surface area contributed by atoms with Crippen molar-refractivity contribution in [2.75, 3.05) is 25.5 Å². The molecule has 0 aliphatic carbocycles. The molecule has 2 aromatic rings. The lowest BCUT2D eigenvalue weighted by Crippen LogP contribution is -2.45. The molecule has 2 aromatic carbocycles. The van der Waals surface area contributed by atoms with Crippen LogP contribution in [-0.2, 0) is 5.41 Å². The fourth-order valence-electron chi connectivity index (χ4n) is 4.83. The summed E-state index contributed by atoms with van der Waals surface area (Å²) in [6.45, 7) is 5.31. The number of hydrogen-bond acceptors (Lipinski definition) is 4. The van der Waals surface area contributed by atoms with Gasteiger partial charge in [-0.3, -0.25) is 4.90 Å². The number of nitrogens with zero attached hydrogens (tertiary/aromatic N) is 2. The van der Waals surface area contributed by atoms with Crippen molar-refractivity contribution in [2.24, 2.45) is 0 Å². The highest BCUT2D eigenvalue weighted by Crippen LogP contribution is 2.54. The topological polar surface area (TPSA) is 44.8 Å². The lowest BCUT2D eigenvalue weighted by atomic mass is 9.81. The number of carbonyl (C=O) groups is 1. The third-order valence-corrected chi connectivity index (χ3v) is 6.79. The van der Waals surface area contributed by atoms with Gasteiger partial charge in [-0.1, -0.05) is 37.3 Å². The van der Waals surface area contributed by atoms with Gasteiger partial charge in [0.15, 0.2) is 0 Å². The zero-order chi connectivity index (χ0) is 20.1. The first-order valence-electron chi connectivity index (χ1n) is 9.61. The first-order chi connectivity index (χ1) is 13.3. The normalized spacial score (nSPS) is 24.6. The summed E-state index contributed by atoms with van der Waals surface area (Å²) in [5.74, 6) is 0.563. The van der Waals surface area contributed by atoms with Crippen molar-refractivity contribution in [3.63, 3.8) is 0 Å². The third kappa shape index (κ3) is 3.08. The SMILES string of the molecule is C[C@H](NC(=O)Oc1cc(Br)c2c(c1)[C@]1(C)CCN(C)[C@@H]1N2C)c1ccccc1. The number of ether oxygens (including phenoxy) is 1. The lowest BCUT2D eigenvalue weighted by molar-refractivity contribution is 0.197. The molecule has 5 nitrogen and oxygen atoms in total. The minimum atomic E-state index is -0.445. The fourth-order valence-corrected chi connectivity index (χ4v) is 5.55. The molecule has 2 aliphatic heterocycles. The van der Waals surface area contributed by atoms with Crippen molar-refractivity contribution < 1.29 is 9.53 Å². The van der Waals surface area contributed by atoms with Crippen LogP contribution in [0.15, 0.2) is 46.9 Å². The maximum Gasteiger partial charge on any atom is 0.413 e. The Hall–Kier alpha value is -2.05. The van der Waals surface area contributed by atoms with Crippen LogP contribution in [0.2, 0.25) is 0 Å². The minimum Gasteiger partial charge on any atom is -0.410 e. The molecular formula is C22H26BrN3O2. The average molecular weight is 444 g/mol. The first kappa shape index (κ1) is 19.3. The van der Waals surface area contributed by atoms with Gasteiger partial charge in [0.2, 0.25) is 0 Å². The van der Waals surface area contributed by atoms with Gasteiger partial charge in [0, 0.05) is 23.5 Å². The predicted molar refractivity (Wildman–Crippen MR) is 115 cm³/mol. The number of likely N-dealkylation sites (tertiary alicyclic amines) is 1. The van der Waals surface area contributed by atoms with E-state index in [0.29, 0.717) is 11.9 Å². The molecule has 0 aromatic heterocycles. The van der Waals surface area contributed by atoms with Crippen molar-refractivity contribution in [3.8, 4) is 5.75 Å². The Balaban J connectivity index is 1.56. The Kier molecular flexibility index (Phi) is 4.88. The van der Waals surface area contributed by atoms with Crippen LogP contribution in [0.1, 0.15) is 37.4 Å². The number of halogens is 1. The van der Waals surface area contributed by atoms with Crippen LogP contribution in [-0.4, -0.2) is 37.8 Å². The number of likely N-dealkylation sites (N-methyl/N-ethyl adjacent to an activating group) is 2. The number of carbonyl (C=O) groups excluding carboxylic acids is 1. The van der Waals surface area contributed by atoms with Crippen molar-refractivity contribution in [1.82, 2.24) is 10.2 Å². The van der Waals surface area contributed by atoms with E-state index in [-0.39, 0.29) is 11.5 Å². The zero-order valence-corrected chi connectivity index (χ0v) is 18.3. The minimum absolute atomic E-state index is 0.0224. The molecule has 28 heavy (non-hydrogen) atoms. The number of amides is 1. The summed E-state index contributed by atoms with van der Waals surface area (Å²) in [6, 6.07) is 13.7. The van der Waals surface area contributed by atoms with Crippen molar-refractivity contribution in [1.29, 1.82) is 0 Å². The monoisotopic (exact) mass is 443 g/mol. The molecule has 1 fully saturated rings. The number of nitrogens with one attached hydrogen (secondary N) is 1. The lowest BCUT2D eigenvalue weighted by Gasteiger charge is -2.32. The summed E-state index contributed by atoms with van der Waals surface area (Å²) in [4.78, 5) is 17.2. The summed E-state index contributed by atoms with van der Waals surface area (Å²) in [5, 5.41) is 2.91. The Bertz CT molecular complexity index is 904. The number of anilines is 1. The van der Waals surface area contributed by atoms with Crippen LogP contribution in [0.3, 0.4) is 0 Å². The van der Waals surface area contributed by atoms with Crippen LogP contribution in [0.4, 0.5) is 10.5 Å². The second kappa shape index (κ2) is 7.08. The predicted octanol–water partition coefficient (Wildman–Crippen LogP) is 4.67. The third-order valence-electron chi connectivity index (χ3n) is 6.19. The van der Waals surface area contributed by atoms with Gasteiger partial charge in [-0.15, -0.1) is 0 Å². The van der Waals surface area contributed by atoms with E-state index >= 15 is 0 Å². The van der Waals surface area contributed by atoms with Crippen molar-refractivity contribution in [2.45, 2.75) is 37.9 Å². The standard InChI is InChI=1S/C22H26BrN3O2/c1-14(15-8-6-5-7-9-15)24-21(27)28-16-12-17-19(18(23)13-16)26(4)20-22(17,2)10-11-25(20)3/h5-9,12-14,20H,10-11H2,1-4H3,(H,24,27)/t14-,20+,22-/m0/s1. The van der Waals surface area contributed by atoms with Crippen molar-refractivity contribution >= 4 is 27.7 Å². The van der Waals surface area contributed by atoms with Crippen LogP contribution >= 0.6 is 15.9 Å². The quantitative estimate of drug-likeness (QED) is 0.748. The molecule has 148 valence electrons. The molecule has 6 heteroatoms. The molecule has 0 radical (unpaired) electrons. The number of benzene rings is 2. The molecule has 1 N–H and O–H groups in total. The molecule has 2 aliphatic rings. The first-order valence-corrected chi connectivity index (χ1v) is 10.4. The average Bonchev–Trinajstić information content (AvgIpc) is 3.08. The molecule has 3 atom stereocenters. The van der Waals surface area contributed by atoms with E-state index in [4.69, 9.17) is 4.74 Å². The molecule has 0 saturated carbocycles. The summed E-state index contributed by atoms with van der Waals surface area (Å²) in [7, 11) is 4.30. The molecular weight excluding hydrogens is 418 g/mol. The summed E-state index contributed by atoms with van der Waals surface area (Å²) >= 11 is 3.70. The smallest absolute Gasteiger partial charge is 0.410 e. The van der Waals surface area contributed by atoms with E-state index in [9.17, 15) is 4.79 Å². The van der Waals surface area contributed by atoms with Crippen molar-refractivity contribution in [3.05, 3.63) is 58.1 Å². The van der Waals surface area contributed by atoms with E-state index in [1.807, 2.05) is 49.4 Å². The number of rotatable bonds is 3. The zero-order valence-electron chi connectivity index (χ0n) is 16.7. The maximum absolute atomic E-state index is 12.5. The fraction of sp³-hybridized carbons (Fsp3) is 0.409. The van der Waals surface area contributed by atoms with Crippen LogP contribution < -0.4 is 15.0 Å². The van der Waals surface area contributed by atoms with Gasteiger partial charge in [0.1, 0.15) is 5.75 Å². The Labute approximate surface area is 174 Å². The summed E-state index contributed by atoms with van der Waals surface area (Å²) < 4.78 is 6.61. The molecule has 1 amide bonds. The van der Waals surface area contributed by atoms with Gasteiger partial charge >= 0.3 is 6.09 Å². The maximum atomic E-state index is 12.5. The van der Waals surface area contributed by atoms with Gasteiger partial charge in [-0.05, 0) is 59.6 Å². The molecule has 0 bridgehead atoms. The van der Waals surface area contributed by atoms with Gasteiger partial charge in [0.05, 0.1) is 17.9 Å². The van der Waals surface area contributed by atoms with E-state index in [0.717, 1.165) is 23.0 Å². The van der Waals surface area contributed by atoms with Crippen LogP contribution in [0.25, 0.3) is 0 Å². The second-order valence-corrected chi connectivity index (χ2v) is 8.95. The summed E-state index contributed by atoms with van der Waals surface area (Å²) in [6.07, 6.45) is 0.958. The number of hydrogen-bond donors (Lipinski definition) is 1. The Morgan fingerprint density at radius 3 is 2.71 bits per heavy atom. The number of fused-ring (bicyclic) bond motifs is 3. The molecule has 0 spiro atoms. The van der Waals surface area contributed by atoms with E-state index in [1.165, 1.54) is 11.3 Å². The van der Waals surface area contributed by atoms with E-state index in [2.05, 4.69) is 52.1 Å². The highest BCUT2D eigenvalue weighted by molar-refractivity contribution is 9.10. The summed E-state index contributed by atoms with van der Waals surface area (Å²) in [5.41, 5.74) is 3.48. The second-order valence-electron chi connectivity index (χ2n) is 8.10. The van der Waals surface area contributed by atoms with Crippen LogP contribution in [0, 0.1) is 0 Å². The van der Waals surface area contributed by atoms with E-state index < -0.39 is 6.09 Å². The Morgan fingerprint density at radius 2 is 2.00 bits per heavy atom. The molecule has 1 saturated heterocycles. The van der Waals surface area contributed by atoms with Gasteiger partial charge in [0.25, 0.3) is 0 Å².